The van der Waals surface area contributed by atoms with E-state index in [1.54, 1.807) is 7.11 Å². The van der Waals surface area contributed by atoms with E-state index in [0.29, 0.717) is 6.61 Å². The van der Waals surface area contributed by atoms with Gasteiger partial charge in [0.2, 0.25) is 0 Å². The maximum atomic E-state index is 5.06. The van der Waals surface area contributed by atoms with Crippen molar-refractivity contribution in [3.8, 4) is 0 Å². The van der Waals surface area contributed by atoms with Crippen LogP contribution in [-0.2, 0) is 11.3 Å². The lowest BCUT2D eigenvalue weighted by molar-refractivity contribution is 0.210. The third kappa shape index (κ3) is 4.63. The van der Waals surface area contributed by atoms with Gasteiger partial charge in [-0.25, -0.2) is 4.98 Å². The zero-order valence-corrected chi connectivity index (χ0v) is 12.0. The zero-order chi connectivity index (χ0) is 13.4. The van der Waals surface area contributed by atoms with Crippen LogP contribution >= 0.6 is 0 Å². The monoisotopic (exact) mass is 251 g/mol. The van der Waals surface area contributed by atoms with Crippen LogP contribution in [-0.4, -0.2) is 31.8 Å². The van der Waals surface area contributed by atoms with E-state index in [9.17, 15) is 0 Å². The fourth-order valence-corrected chi connectivity index (χ4v) is 1.89. The Hall–Kier alpha value is -1.13. The second-order valence-corrected chi connectivity index (χ2v) is 4.50. The lowest BCUT2D eigenvalue weighted by Crippen LogP contribution is -2.18. The zero-order valence-electron chi connectivity index (χ0n) is 12.0. The maximum Gasteiger partial charge on any atom is 0.131 e. The molecule has 0 spiro atoms. The first-order chi connectivity index (χ1) is 8.69. The van der Waals surface area contributed by atoms with Crippen LogP contribution in [0.25, 0.3) is 0 Å². The minimum atomic E-state index is 0.691. The molecule has 0 bridgehead atoms. The van der Waals surface area contributed by atoms with E-state index in [2.05, 4.69) is 35.5 Å². The average Bonchev–Trinajstić information content (AvgIpc) is 2.32. The Morgan fingerprint density at radius 2 is 2.06 bits per heavy atom. The Morgan fingerprint density at radius 1 is 1.28 bits per heavy atom. The second kappa shape index (κ2) is 8.06. The Bertz CT molecular complexity index is 366. The van der Waals surface area contributed by atoms with E-state index >= 15 is 0 Å². The largest absolute Gasteiger partial charge is 0.383 e. The van der Waals surface area contributed by atoms with E-state index in [0.717, 1.165) is 37.6 Å². The molecule has 0 saturated heterocycles. The maximum absolute atomic E-state index is 5.06. The molecule has 0 amide bonds. The molecule has 1 heterocycles. The predicted molar refractivity (Wildman–Crippen MR) is 76.1 cm³/mol. The molecular weight excluding hydrogens is 226 g/mol. The molecule has 1 aromatic rings. The molecule has 0 radical (unpaired) electrons. The van der Waals surface area contributed by atoms with Crippen LogP contribution in [0.5, 0.6) is 0 Å². The van der Waals surface area contributed by atoms with E-state index in [1.165, 1.54) is 11.1 Å². The number of aromatic nitrogens is 1. The summed E-state index contributed by atoms with van der Waals surface area (Å²) in [6.07, 6.45) is 1.14. The molecule has 4 heteroatoms. The van der Waals surface area contributed by atoms with E-state index in [-0.39, 0.29) is 0 Å². The molecule has 0 unspecified atom stereocenters. The summed E-state index contributed by atoms with van der Waals surface area (Å²) in [7, 11) is 1.71. The lowest BCUT2D eigenvalue weighted by Gasteiger charge is -2.15. The van der Waals surface area contributed by atoms with E-state index in [1.807, 2.05) is 6.92 Å². The Labute approximate surface area is 110 Å². The van der Waals surface area contributed by atoms with Gasteiger partial charge in [0.25, 0.3) is 0 Å². The van der Waals surface area contributed by atoms with Gasteiger partial charge in [-0.15, -0.1) is 0 Å². The molecule has 0 aromatic carbocycles. The third-order valence-electron chi connectivity index (χ3n) is 2.80. The van der Waals surface area contributed by atoms with Crippen LogP contribution in [0.3, 0.4) is 0 Å². The first-order valence-corrected chi connectivity index (χ1v) is 6.59. The van der Waals surface area contributed by atoms with Gasteiger partial charge >= 0.3 is 0 Å². The van der Waals surface area contributed by atoms with Crippen LogP contribution in [0.2, 0.25) is 0 Å². The van der Waals surface area contributed by atoms with E-state index < -0.39 is 0 Å². The first-order valence-electron chi connectivity index (χ1n) is 6.59. The number of hydrogen-bond donors (Lipinski definition) is 2. The smallest absolute Gasteiger partial charge is 0.131 e. The fourth-order valence-electron chi connectivity index (χ4n) is 1.89. The van der Waals surface area contributed by atoms with Gasteiger partial charge in [-0.05, 0) is 38.4 Å². The quantitative estimate of drug-likeness (QED) is 0.696. The number of rotatable bonds is 8. The average molecular weight is 251 g/mol. The summed E-state index contributed by atoms with van der Waals surface area (Å²) in [5.74, 6) is 0.980. The van der Waals surface area contributed by atoms with Crippen molar-refractivity contribution in [3.63, 3.8) is 0 Å². The highest BCUT2D eigenvalue weighted by atomic mass is 16.5. The van der Waals surface area contributed by atoms with Crippen LogP contribution < -0.4 is 10.6 Å². The number of ether oxygens (including phenoxy) is 1. The molecule has 0 aliphatic rings. The fraction of sp³-hybridized carbons (Fsp3) is 0.643. The highest BCUT2D eigenvalue weighted by molar-refractivity contribution is 5.49. The summed E-state index contributed by atoms with van der Waals surface area (Å²) in [4.78, 5) is 4.58. The molecule has 18 heavy (non-hydrogen) atoms. The minimum absolute atomic E-state index is 0.691. The molecule has 1 rings (SSSR count). The van der Waals surface area contributed by atoms with Crippen molar-refractivity contribution in [2.75, 3.05) is 32.1 Å². The summed E-state index contributed by atoms with van der Waals surface area (Å²) in [5.41, 5.74) is 3.59. The first kappa shape index (κ1) is 14.9. The van der Waals surface area contributed by atoms with Crippen molar-refractivity contribution in [1.29, 1.82) is 0 Å². The summed E-state index contributed by atoms with van der Waals surface area (Å²) in [6.45, 7) is 9.71. The summed E-state index contributed by atoms with van der Waals surface area (Å²) < 4.78 is 5.06. The van der Waals surface area contributed by atoms with Crippen molar-refractivity contribution in [2.45, 2.75) is 33.7 Å². The van der Waals surface area contributed by atoms with Crippen molar-refractivity contribution in [2.24, 2.45) is 0 Å². The topological polar surface area (TPSA) is 46.2 Å². The molecular formula is C14H25N3O. The van der Waals surface area contributed by atoms with Gasteiger partial charge in [-0.2, -0.15) is 0 Å². The number of pyridine rings is 1. The Morgan fingerprint density at radius 3 is 2.72 bits per heavy atom. The van der Waals surface area contributed by atoms with Gasteiger partial charge in [0.15, 0.2) is 0 Å². The lowest BCUT2D eigenvalue weighted by atomic mass is 10.1. The summed E-state index contributed by atoms with van der Waals surface area (Å²) in [5, 5.41) is 6.78. The number of nitrogens with one attached hydrogen (secondary N) is 2. The number of hydrogen-bond acceptors (Lipinski definition) is 4. The molecule has 1 aromatic heterocycles. The number of anilines is 1. The number of nitrogens with zero attached hydrogens (tertiary/aromatic N) is 1. The van der Waals surface area contributed by atoms with Gasteiger partial charge < -0.3 is 15.4 Å². The molecule has 0 aliphatic heterocycles. The van der Waals surface area contributed by atoms with Gasteiger partial charge in [0.1, 0.15) is 5.82 Å². The third-order valence-corrected chi connectivity index (χ3v) is 2.80. The van der Waals surface area contributed by atoms with Gasteiger partial charge in [0, 0.05) is 31.5 Å². The molecule has 0 fully saturated rings. The van der Waals surface area contributed by atoms with Crippen molar-refractivity contribution in [1.82, 2.24) is 10.3 Å². The van der Waals surface area contributed by atoms with Crippen molar-refractivity contribution >= 4 is 5.82 Å². The Balaban J connectivity index is 2.76. The standard InChI is InChI=1S/C14H25N3O/c1-5-6-15-10-13-11(2)9-12(3)17-14(13)16-7-8-18-4/h9,15H,5-8,10H2,1-4H3,(H,16,17). The highest BCUT2D eigenvalue weighted by Crippen LogP contribution is 2.18. The minimum Gasteiger partial charge on any atom is -0.383 e. The van der Waals surface area contributed by atoms with Gasteiger partial charge in [-0.1, -0.05) is 6.92 Å². The van der Waals surface area contributed by atoms with E-state index in [4.69, 9.17) is 4.74 Å². The highest BCUT2D eigenvalue weighted by Gasteiger charge is 2.08. The Kier molecular flexibility index (Phi) is 6.68. The summed E-state index contributed by atoms with van der Waals surface area (Å²) >= 11 is 0. The molecule has 0 atom stereocenters. The van der Waals surface area contributed by atoms with Crippen molar-refractivity contribution in [3.05, 3.63) is 22.9 Å². The molecule has 0 saturated carbocycles. The van der Waals surface area contributed by atoms with Gasteiger partial charge in [0.05, 0.1) is 6.61 Å². The predicted octanol–water partition coefficient (Wildman–Crippen LogP) is 2.26. The molecule has 4 nitrogen and oxygen atoms in total. The second-order valence-electron chi connectivity index (χ2n) is 4.50. The normalized spacial score (nSPS) is 10.7. The molecule has 0 aliphatic carbocycles. The SMILES string of the molecule is CCCNCc1c(C)cc(C)nc1NCCOC. The summed E-state index contributed by atoms with van der Waals surface area (Å²) in [6, 6.07) is 2.13. The van der Waals surface area contributed by atoms with Crippen LogP contribution in [0.15, 0.2) is 6.07 Å². The van der Waals surface area contributed by atoms with Crippen molar-refractivity contribution < 1.29 is 4.74 Å². The number of aryl methyl sites for hydroxylation is 2. The van der Waals surface area contributed by atoms with Crippen LogP contribution in [0.4, 0.5) is 5.82 Å². The van der Waals surface area contributed by atoms with Crippen LogP contribution in [0.1, 0.15) is 30.2 Å². The van der Waals surface area contributed by atoms with Crippen LogP contribution in [0, 0.1) is 13.8 Å². The molecule has 2 N–H and O–H groups in total. The van der Waals surface area contributed by atoms with Gasteiger partial charge in [-0.3, -0.25) is 0 Å². The molecule has 102 valence electrons. The number of methoxy groups -OCH3 is 1.